The van der Waals surface area contributed by atoms with E-state index in [1.165, 1.54) is 56.7 Å². The van der Waals surface area contributed by atoms with Crippen LogP contribution in [0.25, 0.3) is 0 Å². The summed E-state index contributed by atoms with van der Waals surface area (Å²) in [4.78, 5) is 62.8. The summed E-state index contributed by atoms with van der Waals surface area (Å²) in [6.07, 6.45) is -1.95. The molecule has 4 rings (SSSR count). The van der Waals surface area contributed by atoms with Crippen LogP contribution in [0.1, 0.15) is 27.1 Å². The number of esters is 2. The first-order valence-corrected chi connectivity index (χ1v) is 11.2. The average molecular weight is 513 g/mol. The summed E-state index contributed by atoms with van der Waals surface area (Å²) < 4.78 is 22.6. The van der Waals surface area contributed by atoms with Crippen LogP contribution < -0.4 is 26.6 Å². The van der Waals surface area contributed by atoms with E-state index in [0.29, 0.717) is 5.69 Å². The summed E-state index contributed by atoms with van der Waals surface area (Å²) in [7, 11) is 2.33. The van der Waals surface area contributed by atoms with Crippen molar-refractivity contribution in [1.82, 2.24) is 16.0 Å². The van der Waals surface area contributed by atoms with E-state index in [1.54, 1.807) is 0 Å². The molecule has 2 fully saturated rings. The summed E-state index contributed by atoms with van der Waals surface area (Å²) in [5.74, 6) is -5.55. The highest BCUT2D eigenvalue weighted by Crippen LogP contribution is 2.28. The number of carbonyl (C=O) groups is 5. The lowest BCUT2D eigenvalue weighted by molar-refractivity contribution is -0.144. The molecule has 0 aliphatic carbocycles. The van der Waals surface area contributed by atoms with Gasteiger partial charge in [-0.05, 0) is 42.5 Å². The number of piperidine rings is 1. The van der Waals surface area contributed by atoms with E-state index >= 15 is 0 Å². The molecule has 2 heterocycles. The van der Waals surface area contributed by atoms with Crippen LogP contribution in [0.2, 0.25) is 0 Å². The summed E-state index contributed by atoms with van der Waals surface area (Å²) in [5.41, 5.74) is 0.579. The van der Waals surface area contributed by atoms with Crippen molar-refractivity contribution in [2.75, 3.05) is 24.9 Å². The second-order valence-electron chi connectivity index (χ2n) is 8.41. The van der Waals surface area contributed by atoms with E-state index in [0.717, 1.165) is 0 Å². The number of fused-ring (bicyclic) bond motifs is 1. The lowest BCUT2D eigenvalue weighted by Crippen LogP contribution is -2.72. The zero-order valence-corrected chi connectivity index (χ0v) is 19.8. The molecule has 2 aliphatic heterocycles. The van der Waals surface area contributed by atoms with Gasteiger partial charge in [-0.15, -0.1) is 0 Å². The van der Waals surface area contributed by atoms with Crippen LogP contribution in [0.15, 0.2) is 42.5 Å². The zero-order chi connectivity index (χ0) is 26.7. The van der Waals surface area contributed by atoms with Gasteiger partial charge in [0, 0.05) is 17.8 Å². The second-order valence-corrected chi connectivity index (χ2v) is 8.41. The molecule has 2 aliphatic rings. The lowest BCUT2D eigenvalue weighted by atomic mass is 9.81. The van der Waals surface area contributed by atoms with Crippen molar-refractivity contribution in [3.05, 3.63) is 59.4 Å². The van der Waals surface area contributed by atoms with Gasteiger partial charge >= 0.3 is 11.9 Å². The van der Waals surface area contributed by atoms with Gasteiger partial charge in [0.1, 0.15) is 5.82 Å². The number of hydrogen-bond donors (Lipinski definition) is 5. The Morgan fingerprint density at radius 1 is 0.919 bits per heavy atom. The Labute approximate surface area is 210 Å². The molecule has 37 heavy (non-hydrogen) atoms. The molecule has 4 atom stereocenters. The molecule has 2 saturated heterocycles. The fraction of sp³-hybridized carbons (Fsp3) is 0.292. The quantitative estimate of drug-likeness (QED) is 0.347. The topological polar surface area (TPSA) is 164 Å². The SMILES string of the molecule is COC(=O)c1cc(NC(=O)C2CC(=O)NC3NC(Nc4ccc(F)cc4)NC(=O)C32)cc(C(=O)OC)c1. The molecule has 0 aromatic heterocycles. The number of rotatable bonds is 6. The monoisotopic (exact) mass is 513 g/mol. The van der Waals surface area contributed by atoms with Crippen molar-refractivity contribution in [3.63, 3.8) is 0 Å². The number of benzene rings is 2. The first kappa shape index (κ1) is 25.6. The maximum atomic E-state index is 13.2. The minimum absolute atomic E-state index is 0.00764. The summed E-state index contributed by atoms with van der Waals surface area (Å²) in [5, 5.41) is 13.9. The number of carbonyl (C=O) groups excluding carboxylic acids is 5. The van der Waals surface area contributed by atoms with Crippen molar-refractivity contribution < 1.29 is 37.8 Å². The van der Waals surface area contributed by atoms with E-state index in [1.807, 2.05) is 0 Å². The fourth-order valence-corrected chi connectivity index (χ4v) is 4.27. The Balaban J connectivity index is 1.53. The largest absolute Gasteiger partial charge is 0.465 e. The Hall–Kier alpha value is -4.52. The van der Waals surface area contributed by atoms with Crippen molar-refractivity contribution in [1.29, 1.82) is 0 Å². The molecular weight excluding hydrogens is 489 g/mol. The van der Waals surface area contributed by atoms with Gasteiger partial charge < -0.3 is 30.7 Å². The third-order valence-electron chi connectivity index (χ3n) is 5.98. The molecule has 2 aromatic rings. The maximum absolute atomic E-state index is 13.2. The molecule has 3 amide bonds. The molecule has 13 heteroatoms. The van der Waals surface area contributed by atoms with E-state index in [2.05, 4.69) is 26.6 Å². The van der Waals surface area contributed by atoms with Crippen LogP contribution >= 0.6 is 0 Å². The van der Waals surface area contributed by atoms with Crippen LogP contribution in [0.3, 0.4) is 0 Å². The number of ether oxygens (including phenoxy) is 2. The Morgan fingerprint density at radius 2 is 1.54 bits per heavy atom. The van der Waals surface area contributed by atoms with Gasteiger partial charge in [-0.25, -0.2) is 14.0 Å². The summed E-state index contributed by atoms with van der Waals surface area (Å²) in [6, 6.07) is 9.33. The normalized spacial score (nSPS) is 22.6. The predicted molar refractivity (Wildman–Crippen MR) is 126 cm³/mol. The number of halogens is 1. The molecule has 0 spiro atoms. The highest BCUT2D eigenvalue weighted by atomic mass is 19.1. The maximum Gasteiger partial charge on any atom is 0.337 e. The highest BCUT2D eigenvalue weighted by molar-refractivity contribution is 6.02. The molecule has 5 N–H and O–H groups in total. The molecule has 12 nitrogen and oxygen atoms in total. The van der Waals surface area contributed by atoms with E-state index in [9.17, 15) is 28.4 Å². The molecule has 194 valence electrons. The van der Waals surface area contributed by atoms with Crippen LogP contribution in [-0.2, 0) is 23.9 Å². The molecular formula is C24H24FN5O7. The Morgan fingerprint density at radius 3 is 2.14 bits per heavy atom. The Kier molecular flexibility index (Phi) is 7.34. The van der Waals surface area contributed by atoms with Crippen LogP contribution in [0, 0.1) is 17.7 Å². The number of hydrogen-bond acceptors (Lipinski definition) is 9. The number of anilines is 2. The molecule has 4 unspecified atom stereocenters. The Bertz CT molecular complexity index is 1220. The average Bonchev–Trinajstić information content (AvgIpc) is 2.88. The van der Waals surface area contributed by atoms with Crippen LogP contribution in [0.4, 0.5) is 15.8 Å². The number of nitrogens with one attached hydrogen (secondary N) is 5. The first-order chi connectivity index (χ1) is 17.7. The molecule has 0 radical (unpaired) electrons. The first-order valence-electron chi connectivity index (χ1n) is 11.2. The summed E-state index contributed by atoms with van der Waals surface area (Å²) >= 11 is 0. The van der Waals surface area contributed by atoms with Crippen molar-refractivity contribution >= 4 is 41.0 Å². The second kappa shape index (κ2) is 10.6. The van der Waals surface area contributed by atoms with Crippen molar-refractivity contribution in [2.24, 2.45) is 11.8 Å². The van der Waals surface area contributed by atoms with Gasteiger partial charge in [0.15, 0.2) is 6.29 Å². The fourth-order valence-electron chi connectivity index (χ4n) is 4.27. The third kappa shape index (κ3) is 5.67. The number of methoxy groups -OCH3 is 2. The van der Waals surface area contributed by atoms with Crippen LogP contribution in [0.5, 0.6) is 0 Å². The van der Waals surface area contributed by atoms with Crippen molar-refractivity contribution in [3.8, 4) is 0 Å². The zero-order valence-electron chi connectivity index (χ0n) is 19.8. The van der Waals surface area contributed by atoms with E-state index in [4.69, 9.17) is 9.47 Å². The number of amides is 3. The van der Waals surface area contributed by atoms with Gasteiger partial charge in [-0.2, -0.15) is 0 Å². The smallest absolute Gasteiger partial charge is 0.337 e. The van der Waals surface area contributed by atoms with Gasteiger partial charge in [-0.3, -0.25) is 19.7 Å². The van der Waals surface area contributed by atoms with E-state index < -0.39 is 59.8 Å². The molecule has 0 bridgehead atoms. The highest BCUT2D eigenvalue weighted by Gasteiger charge is 2.48. The van der Waals surface area contributed by atoms with Crippen LogP contribution in [-0.4, -0.2) is 56.3 Å². The van der Waals surface area contributed by atoms with Gasteiger partial charge in [0.25, 0.3) is 0 Å². The minimum Gasteiger partial charge on any atom is -0.465 e. The van der Waals surface area contributed by atoms with Crippen molar-refractivity contribution in [2.45, 2.75) is 18.9 Å². The van der Waals surface area contributed by atoms with Gasteiger partial charge in [0.2, 0.25) is 17.7 Å². The van der Waals surface area contributed by atoms with E-state index in [-0.39, 0.29) is 23.2 Å². The lowest BCUT2D eigenvalue weighted by Gasteiger charge is -2.43. The predicted octanol–water partition coefficient (Wildman–Crippen LogP) is 0.531. The minimum atomic E-state index is -1.07. The summed E-state index contributed by atoms with van der Waals surface area (Å²) in [6.45, 7) is 0. The molecule has 0 saturated carbocycles. The standard InChI is InChI=1S/C24H24FN5O7/c1-36-22(34)11-7-12(23(35)37-2)9-15(8-11)26-20(32)16-10-17(31)28-19-18(16)21(33)30-24(29-19)27-14-5-3-13(25)4-6-14/h3-9,16,18-19,24,27,29H,10H2,1-2H3,(H,26,32)(H,28,31)(H,30,33). The third-order valence-corrected chi connectivity index (χ3v) is 5.98. The molecule has 2 aromatic carbocycles. The van der Waals surface area contributed by atoms with Gasteiger partial charge in [-0.1, -0.05) is 0 Å². The van der Waals surface area contributed by atoms with Gasteiger partial charge in [0.05, 0.1) is 43.3 Å².